The molecule has 0 bridgehead atoms. The van der Waals surface area contributed by atoms with Gasteiger partial charge in [0.15, 0.2) is 5.78 Å². The summed E-state index contributed by atoms with van der Waals surface area (Å²) in [6, 6.07) is 7.92. The van der Waals surface area contributed by atoms with Crippen LogP contribution in [0, 0.1) is 0 Å². The molecule has 0 amide bonds. The summed E-state index contributed by atoms with van der Waals surface area (Å²) in [5, 5.41) is 0. The standard InChI is InChI=1S/C11H15BO/c1-9(13)11-6-4-10(5-7-11)3-2-8-12/h4-7H,2-3,8,12H2,1H3. The minimum atomic E-state index is 0.141. The highest BCUT2D eigenvalue weighted by Crippen LogP contribution is 2.07. The first-order valence-corrected chi connectivity index (χ1v) is 4.84. The molecule has 68 valence electrons. The number of ketones is 1. The topological polar surface area (TPSA) is 17.1 Å². The average Bonchev–Trinajstić information content (AvgIpc) is 2.15. The Morgan fingerprint density at radius 1 is 1.31 bits per heavy atom. The van der Waals surface area contributed by atoms with Gasteiger partial charge >= 0.3 is 0 Å². The van der Waals surface area contributed by atoms with E-state index in [2.05, 4.69) is 7.85 Å². The molecule has 13 heavy (non-hydrogen) atoms. The highest BCUT2D eigenvalue weighted by Gasteiger charge is 1.97. The van der Waals surface area contributed by atoms with Crippen LogP contribution in [-0.4, -0.2) is 13.6 Å². The van der Waals surface area contributed by atoms with Gasteiger partial charge in [0.2, 0.25) is 0 Å². The van der Waals surface area contributed by atoms with Crippen molar-refractivity contribution in [1.29, 1.82) is 0 Å². The lowest BCUT2D eigenvalue weighted by atomic mass is 9.97. The Hall–Kier alpha value is -1.05. The van der Waals surface area contributed by atoms with Crippen molar-refractivity contribution in [2.75, 3.05) is 0 Å². The summed E-state index contributed by atoms with van der Waals surface area (Å²) in [7, 11) is 2.18. The number of carbonyl (C=O) groups excluding carboxylic acids is 1. The van der Waals surface area contributed by atoms with Crippen molar-refractivity contribution >= 4 is 13.6 Å². The van der Waals surface area contributed by atoms with E-state index in [1.807, 2.05) is 24.3 Å². The van der Waals surface area contributed by atoms with Crippen molar-refractivity contribution in [3.63, 3.8) is 0 Å². The molecule has 1 aromatic rings. The molecule has 0 radical (unpaired) electrons. The van der Waals surface area contributed by atoms with Crippen molar-refractivity contribution in [2.45, 2.75) is 26.1 Å². The van der Waals surface area contributed by atoms with Crippen LogP contribution >= 0.6 is 0 Å². The Kier molecular flexibility index (Phi) is 3.75. The molecule has 0 N–H and O–H groups in total. The number of hydrogen-bond acceptors (Lipinski definition) is 1. The van der Waals surface area contributed by atoms with E-state index in [-0.39, 0.29) is 5.78 Å². The Bertz CT molecular complexity index is 277. The molecule has 0 aromatic heterocycles. The number of hydrogen-bond donors (Lipinski definition) is 0. The van der Waals surface area contributed by atoms with Gasteiger partial charge in [-0.25, -0.2) is 0 Å². The quantitative estimate of drug-likeness (QED) is 0.503. The fourth-order valence-corrected chi connectivity index (χ4v) is 1.29. The predicted octanol–water partition coefficient (Wildman–Crippen LogP) is 1.87. The van der Waals surface area contributed by atoms with E-state index in [9.17, 15) is 4.79 Å². The van der Waals surface area contributed by atoms with Crippen LogP contribution in [0.1, 0.15) is 29.3 Å². The van der Waals surface area contributed by atoms with Crippen LogP contribution in [-0.2, 0) is 6.42 Å². The molecule has 0 unspecified atom stereocenters. The molecule has 1 rings (SSSR count). The molecule has 0 heterocycles. The fraction of sp³-hybridized carbons (Fsp3) is 0.364. The molecule has 0 spiro atoms. The summed E-state index contributed by atoms with van der Waals surface area (Å²) < 4.78 is 0. The summed E-state index contributed by atoms with van der Waals surface area (Å²) in [6.07, 6.45) is 3.56. The van der Waals surface area contributed by atoms with E-state index in [0.29, 0.717) is 0 Å². The van der Waals surface area contributed by atoms with Crippen LogP contribution in [0.4, 0.5) is 0 Å². The first-order valence-electron chi connectivity index (χ1n) is 4.84. The first kappa shape index (κ1) is 10.0. The second-order valence-electron chi connectivity index (χ2n) is 3.36. The Morgan fingerprint density at radius 2 is 1.92 bits per heavy atom. The van der Waals surface area contributed by atoms with Crippen LogP contribution in [0.2, 0.25) is 6.32 Å². The van der Waals surface area contributed by atoms with E-state index >= 15 is 0 Å². The van der Waals surface area contributed by atoms with Gasteiger partial charge in [-0.05, 0) is 18.9 Å². The van der Waals surface area contributed by atoms with Crippen LogP contribution in [0.3, 0.4) is 0 Å². The third-order valence-corrected chi connectivity index (χ3v) is 2.18. The summed E-state index contributed by atoms with van der Waals surface area (Å²) in [6.45, 7) is 1.60. The molecule has 0 aliphatic heterocycles. The summed E-state index contributed by atoms with van der Waals surface area (Å²) in [5.41, 5.74) is 2.13. The number of carbonyl (C=O) groups is 1. The van der Waals surface area contributed by atoms with Crippen LogP contribution in [0.25, 0.3) is 0 Å². The van der Waals surface area contributed by atoms with E-state index in [0.717, 1.165) is 12.0 Å². The number of Topliss-reactive ketones (excluding diaryl/α,β-unsaturated/α-hetero) is 1. The van der Waals surface area contributed by atoms with Gasteiger partial charge in [-0.15, -0.1) is 0 Å². The third kappa shape index (κ3) is 3.06. The molecule has 0 atom stereocenters. The lowest BCUT2D eigenvalue weighted by Crippen LogP contribution is -1.92. The molecule has 2 heteroatoms. The zero-order chi connectivity index (χ0) is 9.68. The van der Waals surface area contributed by atoms with Crippen LogP contribution < -0.4 is 0 Å². The zero-order valence-corrected chi connectivity index (χ0v) is 8.34. The highest BCUT2D eigenvalue weighted by atomic mass is 16.1. The minimum Gasteiger partial charge on any atom is -0.295 e. The van der Waals surface area contributed by atoms with Crippen molar-refractivity contribution in [3.8, 4) is 0 Å². The van der Waals surface area contributed by atoms with Crippen LogP contribution in [0.15, 0.2) is 24.3 Å². The van der Waals surface area contributed by atoms with Gasteiger partial charge in [0.05, 0.1) is 0 Å². The van der Waals surface area contributed by atoms with Crippen molar-refractivity contribution in [3.05, 3.63) is 35.4 Å². The maximum atomic E-state index is 11.0. The van der Waals surface area contributed by atoms with Crippen molar-refractivity contribution < 1.29 is 4.79 Å². The van der Waals surface area contributed by atoms with E-state index in [1.54, 1.807) is 6.92 Å². The second-order valence-corrected chi connectivity index (χ2v) is 3.36. The van der Waals surface area contributed by atoms with E-state index in [4.69, 9.17) is 0 Å². The van der Waals surface area contributed by atoms with E-state index < -0.39 is 0 Å². The van der Waals surface area contributed by atoms with Gasteiger partial charge in [0, 0.05) is 5.56 Å². The molecule has 0 aliphatic rings. The lowest BCUT2D eigenvalue weighted by Gasteiger charge is -2.00. The summed E-state index contributed by atoms with van der Waals surface area (Å²) in [5.74, 6) is 0.141. The van der Waals surface area contributed by atoms with Gasteiger partial charge in [-0.3, -0.25) is 4.79 Å². The Labute approximate surface area is 80.6 Å². The molecule has 0 saturated carbocycles. The molecule has 1 nitrogen and oxygen atoms in total. The normalized spacial score (nSPS) is 9.92. The predicted molar refractivity (Wildman–Crippen MR) is 58.1 cm³/mol. The number of aryl methyl sites for hydroxylation is 1. The van der Waals surface area contributed by atoms with Crippen LogP contribution in [0.5, 0.6) is 0 Å². The number of rotatable bonds is 4. The molecule has 1 aromatic carbocycles. The average molecular weight is 174 g/mol. The molecule has 0 fully saturated rings. The summed E-state index contributed by atoms with van der Waals surface area (Å²) >= 11 is 0. The van der Waals surface area contributed by atoms with Gasteiger partial charge < -0.3 is 0 Å². The Balaban J connectivity index is 2.64. The maximum absolute atomic E-state index is 11.0. The maximum Gasteiger partial charge on any atom is 0.159 e. The molecular weight excluding hydrogens is 159 g/mol. The van der Waals surface area contributed by atoms with E-state index in [1.165, 1.54) is 18.3 Å². The lowest BCUT2D eigenvalue weighted by molar-refractivity contribution is 0.101. The van der Waals surface area contributed by atoms with Gasteiger partial charge in [-0.2, -0.15) is 0 Å². The van der Waals surface area contributed by atoms with Gasteiger partial charge in [-0.1, -0.05) is 37.0 Å². The zero-order valence-electron chi connectivity index (χ0n) is 8.34. The van der Waals surface area contributed by atoms with Gasteiger partial charge in [0.1, 0.15) is 7.85 Å². The first-order chi connectivity index (χ1) is 6.24. The Morgan fingerprint density at radius 3 is 2.38 bits per heavy atom. The second kappa shape index (κ2) is 4.85. The SMILES string of the molecule is BCCCc1ccc(C(C)=O)cc1. The monoisotopic (exact) mass is 174 g/mol. The third-order valence-electron chi connectivity index (χ3n) is 2.18. The molecule has 0 aliphatic carbocycles. The smallest absolute Gasteiger partial charge is 0.159 e. The minimum absolute atomic E-state index is 0.141. The van der Waals surface area contributed by atoms with Crippen molar-refractivity contribution in [1.82, 2.24) is 0 Å². The van der Waals surface area contributed by atoms with Gasteiger partial charge in [0.25, 0.3) is 0 Å². The summed E-state index contributed by atoms with van der Waals surface area (Å²) in [4.78, 5) is 11.0. The fourth-order valence-electron chi connectivity index (χ4n) is 1.29. The molecule has 0 saturated heterocycles. The number of benzene rings is 1. The van der Waals surface area contributed by atoms with Crippen molar-refractivity contribution in [2.24, 2.45) is 0 Å². The highest BCUT2D eigenvalue weighted by molar-refractivity contribution is 6.08. The largest absolute Gasteiger partial charge is 0.295 e. The molecular formula is C11H15BO.